The van der Waals surface area contributed by atoms with Gasteiger partial charge in [-0.1, -0.05) is 13.8 Å². The zero-order chi connectivity index (χ0) is 15.3. The molecule has 21 heavy (non-hydrogen) atoms. The normalized spacial score (nSPS) is 18.2. The van der Waals surface area contributed by atoms with Gasteiger partial charge in [0.15, 0.2) is 0 Å². The van der Waals surface area contributed by atoms with Crippen LogP contribution in [0.15, 0.2) is 17.2 Å². The summed E-state index contributed by atoms with van der Waals surface area (Å²) >= 11 is 0. The van der Waals surface area contributed by atoms with Crippen molar-refractivity contribution in [1.29, 1.82) is 0 Å². The van der Waals surface area contributed by atoms with Crippen molar-refractivity contribution in [3.8, 4) is 0 Å². The van der Waals surface area contributed by atoms with E-state index >= 15 is 0 Å². The number of hydrogen-bond donors (Lipinski definition) is 2. The predicted molar refractivity (Wildman–Crippen MR) is 83.7 cm³/mol. The number of sulfonamides is 1. The van der Waals surface area contributed by atoms with Crippen LogP contribution < -0.4 is 5.32 Å². The van der Waals surface area contributed by atoms with E-state index < -0.39 is 10.0 Å². The number of rotatable bonds is 7. The first-order chi connectivity index (χ1) is 10.1. The molecule has 0 amide bonds. The molecule has 0 radical (unpaired) electrons. The number of nitrogens with one attached hydrogen (secondary N) is 2. The molecule has 0 aromatic carbocycles. The Balaban J connectivity index is 1.99. The predicted octanol–water partition coefficient (Wildman–Crippen LogP) is 0.841. The fraction of sp³-hybridized carbons (Fsp3) is 0.714. The van der Waals surface area contributed by atoms with E-state index in [1.54, 1.807) is 16.6 Å². The zero-order valence-electron chi connectivity index (χ0n) is 12.9. The molecule has 1 saturated heterocycles. The Morgan fingerprint density at radius 1 is 1.24 bits per heavy atom. The summed E-state index contributed by atoms with van der Waals surface area (Å²) in [4.78, 5) is 5.69. The van der Waals surface area contributed by atoms with E-state index in [-0.39, 0.29) is 0 Å². The number of nitrogens with zero attached hydrogens (tertiary/aromatic N) is 2. The van der Waals surface area contributed by atoms with Crippen LogP contribution >= 0.6 is 0 Å². The van der Waals surface area contributed by atoms with Crippen LogP contribution in [-0.4, -0.2) is 61.9 Å². The van der Waals surface area contributed by atoms with Gasteiger partial charge in [-0.15, -0.1) is 0 Å². The van der Waals surface area contributed by atoms with Crippen molar-refractivity contribution in [3.63, 3.8) is 0 Å². The lowest BCUT2D eigenvalue weighted by Crippen LogP contribution is -2.48. The third-order valence-electron chi connectivity index (χ3n) is 3.87. The van der Waals surface area contributed by atoms with Gasteiger partial charge in [0, 0.05) is 44.6 Å². The third kappa shape index (κ3) is 4.06. The first kappa shape index (κ1) is 16.5. The molecule has 2 N–H and O–H groups in total. The van der Waals surface area contributed by atoms with Crippen LogP contribution in [0.4, 0.5) is 0 Å². The minimum Gasteiger partial charge on any atom is -0.363 e. The van der Waals surface area contributed by atoms with Crippen molar-refractivity contribution >= 4 is 10.0 Å². The number of likely N-dealkylation sites (N-methyl/N-ethyl adjacent to an activating group) is 1. The maximum Gasteiger partial charge on any atom is 0.244 e. The van der Waals surface area contributed by atoms with Gasteiger partial charge in [-0.25, -0.2) is 8.42 Å². The molecular formula is C14H26N4O2S. The molecule has 0 spiro atoms. The lowest BCUT2D eigenvalue weighted by molar-refractivity contribution is 0.196. The van der Waals surface area contributed by atoms with E-state index in [0.29, 0.717) is 24.5 Å². The summed E-state index contributed by atoms with van der Waals surface area (Å²) in [5, 5.41) is 3.26. The summed E-state index contributed by atoms with van der Waals surface area (Å²) in [6, 6.07) is 1.74. The van der Waals surface area contributed by atoms with Gasteiger partial charge < -0.3 is 15.2 Å². The maximum absolute atomic E-state index is 12.6. The number of H-pyrrole nitrogens is 1. The Morgan fingerprint density at radius 3 is 2.57 bits per heavy atom. The van der Waals surface area contributed by atoms with Crippen LogP contribution in [0, 0.1) is 0 Å². The van der Waals surface area contributed by atoms with Gasteiger partial charge in [-0.2, -0.15) is 4.31 Å². The summed E-state index contributed by atoms with van der Waals surface area (Å²) in [6.07, 6.45) is 2.66. The summed E-state index contributed by atoms with van der Waals surface area (Å²) in [5.41, 5.74) is 0.911. The van der Waals surface area contributed by atoms with E-state index in [0.717, 1.165) is 38.3 Å². The van der Waals surface area contributed by atoms with Gasteiger partial charge in [-0.05, 0) is 25.6 Å². The highest BCUT2D eigenvalue weighted by Crippen LogP contribution is 2.18. The molecule has 0 saturated carbocycles. The van der Waals surface area contributed by atoms with Crippen molar-refractivity contribution in [1.82, 2.24) is 19.5 Å². The van der Waals surface area contributed by atoms with Crippen molar-refractivity contribution < 1.29 is 8.42 Å². The van der Waals surface area contributed by atoms with Gasteiger partial charge in [0.25, 0.3) is 0 Å². The highest BCUT2D eigenvalue weighted by atomic mass is 32.2. The topological polar surface area (TPSA) is 68.4 Å². The van der Waals surface area contributed by atoms with Gasteiger partial charge in [0.2, 0.25) is 10.0 Å². The van der Waals surface area contributed by atoms with Gasteiger partial charge >= 0.3 is 0 Å². The fourth-order valence-corrected chi connectivity index (χ4v) is 3.95. The largest absolute Gasteiger partial charge is 0.363 e. The molecule has 1 aliphatic rings. The summed E-state index contributed by atoms with van der Waals surface area (Å²) in [7, 11) is -3.36. The Kier molecular flexibility index (Phi) is 5.80. The summed E-state index contributed by atoms with van der Waals surface area (Å²) in [6.45, 7) is 9.56. The van der Waals surface area contributed by atoms with Gasteiger partial charge in [-0.3, -0.25) is 0 Å². The average molecular weight is 314 g/mol. The molecule has 0 bridgehead atoms. The van der Waals surface area contributed by atoms with E-state index in [1.165, 1.54) is 0 Å². The van der Waals surface area contributed by atoms with E-state index in [9.17, 15) is 8.42 Å². The Morgan fingerprint density at radius 2 is 1.95 bits per heavy atom. The number of hydrogen-bond acceptors (Lipinski definition) is 4. The SMILES string of the molecule is CCCNCc1cc(S(=O)(=O)N2CCN(CC)CC2)c[nH]1. The molecule has 1 aromatic heterocycles. The highest BCUT2D eigenvalue weighted by molar-refractivity contribution is 7.89. The lowest BCUT2D eigenvalue weighted by atomic mass is 10.4. The monoisotopic (exact) mass is 314 g/mol. The minimum atomic E-state index is -3.36. The molecule has 0 atom stereocenters. The average Bonchev–Trinajstić information content (AvgIpc) is 2.97. The Hall–Kier alpha value is -0.890. The zero-order valence-corrected chi connectivity index (χ0v) is 13.7. The van der Waals surface area contributed by atoms with Crippen molar-refractivity contribution in [3.05, 3.63) is 18.0 Å². The first-order valence-corrected chi connectivity index (χ1v) is 9.12. The number of piperazine rings is 1. The van der Waals surface area contributed by atoms with Crippen LogP contribution in [-0.2, 0) is 16.6 Å². The van der Waals surface area contributed by atoms with Crippen molar-refractivity contribution in [2.75, 3.05) is 39.3 Å². The molecule has 0 aliphatic carbocycles. The van der Waals surface area contributed by atoms with Crippen LogP contribution in [0.3, 0.4) is 0 Å². The Labute approximate surface area is 127 Å². The molecule has 0 unspecified atom stereocenters. The highest BCUT2D eigenvalue weighted by Gasteiger charge is 2.28. The second-order valence-electron chi connectivity index (χ2n) is 5.38. The lowest BCUT2D eigenvalue weighted by Gasteiger charge is -2.32. The quantitative estimate of drug-likeness (QED) is 0.732. The second-order valence-corrected chi connectivity index (χ2v) is 7.31. The number of aromatic amines is 1. The maximum atomic E-state index is 12.6. The van der Waals surface area contributed by atoms with Crippen molar-refractivity contribution in [2.45, 2.75) is 31.7 Å². The van der Waals surface area contributed by atoms with E-state index in [4.69, 9.17) is 0 Å². The summed E-state index contributed by atoms with van der Waals surface area (Å²) < 4.78 is 26.8. The molecule has 2 rings (SSSR count). The van der Waals surface area contributed by atoms with E-state index in [2.05, 4.69) is 29.0 Å². The summed E-state index contributed by atoms with van der Waals surface area (Å²) in [5.74, 6) is 0. The first-order valence-electron chi connectivity index (χ1n) is 7.68. The number of aromatic nitrogens is 1. The van der Waals surface area contributed by atoms with Gasteiger partial charge in [0.1, 0.15) is 0 Å². The van der Waals surface area contributed by atoms with Crippen LogP contribution in [0.1, 0.15) is 26.0 Å². The fourth-order valence-electron chi connectivity index (χ4n) is 2.50. The Bertz CT molecular complexity index is 533. The van der Waals surface area contributed by atoms with E-state index in [1.807, 2.05) is 0 Å². The van der Waals surface area contributed by atoms with Crippen LogP contribution in [0.25, 0.3) is 0 Å². The van der Waals surface area contributed by atoms with Crippen LogP contribution in [0.5, 0.6) is 0 Å². The van der Waals surface area contributed by atoms with Gasteiger partial charge in [0.05, 0.1) is 4.90 Å². The molecule has 1 aliphatic heterocycles. The molecule has 6 nitrogen and oxygen atoms in total. The molecule has 2 heterocycles. The molecular weight excluding hydrogens is 288 g/mol. The smallest absolute Gasteiger partial charge is 0.244 e. The van der Waals surface area contributed by atoms with Crippen molar-refractivity contribution in [2.24, 2.45) is 0 Å². The molecule has 120 valence electrons. The molecule has 7 heteroatoms. The minimum absolute atomic E-state index is 0.376. The molecule has 1 aromatic rings. The second kappa shape index (κ2) is 7.40. The molecule has 1 fully saturated rings. The van der Waals surface area contributed by atoms with Crippen LogP contribution in [0.2, 0.25) is 0 Å². The third-order valence-corrected chi connectivity index (χ3v) is 5.75. The standard InChI is InChI=1S/C14H26N4O2S/c1-3-5-15-11-13-10-14(12-16-13)21(19,20)18-8-6-17(4-2)7-9-18/h10,12,15-16H,3-9,11H2,1-2H3.